The van der Waals surface area contributed by atoms with E-state index < -0.39 is 11.6 Å². The number of hydrogen-bond acceptors (Lipinski definition) is 4. The van der Waals surface area contributed by atoms with E-state index in [1.165, 1.54) is 6.21 Å². The highest BCUT2D eigenvalue weighted by molar-refractivity contribution is 6.07. The second-order valence-corrected chi connectivity index (χ2v) is 5.67. The Kier molecular flexibility index (Phi) is 3.63. The Bertz CT molecular complexity index is 666. The van der Waals surface area contributed by atoms with Gasteiger partial charge >= 0.3 is 6.03 Å². The third kappa shape index (κ3) is 2.46. The number of carbonyl (C=O) groups is 2. The van der Waals surface area contributed by atoms with Crippen molar-refractivity contribution in [3.05, 3.63) is 35.4 Å². The molecule has 0 bridgehead atoms. The topological polar surface area (TPSA) is 85.6 Å². The number of benzene rings is 1. The molecule has 0 atom stereocenters. The largest absolute Gasteiger partial charge is 0.346 e. The second-order valence-electron chi connectivity index (χ2n) is 5.67. The van der Waals surface area contributed by atoms with E-state index in [4.69, 9.17) is 5.26 Å². The van der Waals surface area contributed by atoms with Crippen LogP contribution in [0.25, 0.3) is 0 Å². The SMILES string of the molecule is N#Cc1ccc(C=NN2C(=O)NC3(CCCCC3)C2=O)cc1. The Morgan fingerprint density at radius 1 is 1.18 bits per heavy atom. The van der Waals surface area contributed by atoms with Crippen molar-refractivity contribution in [2.75, 3.05) is 0 Å². The van der Waals surface area contributed by atoms with Crippen LogP contribution in [-0.2, 0) is 4.79 Å². The molecule has 1 aliphatic carbocycles. The maximum Gasteiger partial charge on any atom is 0.346 e. The molecule has 3 amide bonds. The lowest BCUT2D eigenvalue weighted by Crippen LogP contribution is -2.48. The van der Waals surface area contributed by atoms with Gasteiger partial charge in [-0.2, -0.15) is 10.4 Å². The number of hydrogen-bond donors (Lipinski definition) is 1. The number of nitrogens with zero attached hydrogens (tertiary/aromatic N) is 3. The zero-order valence-corrected chi connectivity index (χ0v) is 12.1. The minimum atomic E-state index is -0.753. The maximum absolute atomic E-state index is 12.5. The minimum absolute atomic E-state index is 0.262. The molecule has 0 unspecified atom stereocenters. The molecule has 6 nitrogen and oxygen atoms in total. The average molecular weight is 296 g/mol. The number of amides is 3. The smallest absolute Gasteiger partial charge is 0.321 e. The summed E-state index contributed by atoms with van der Waals surface area (Å²) in [5.74, 6) is -0.262. The van der Waals surface area contributed by atoms with Gasteiger partial charge in [-0.25, -0.2) is 4.79 Å². The molecule has 2 aliphatic rings. The third-order valence-corrected chi connectivity index (χ3v) is 4.21. The van der Waals surface area contributed by atoms with Gasteiger partial charge in [0.15, 0.2) is 0 Å². The molecule has 1 aliphatic heterocycles. The Labute approximate surface area is 128 Å². The molecule has 2 fully saturated rings. The molecular formula is C16H16N4O2. The second kappa shape index (κ2) is 5.60. The number of nitriles is 1. The number of urea groups is 1. The summed E-state index contributed by atoms with van der Waals surface area (Å²) in [4.78, 5) is 24.5. The summed E-state index contributed by atoms with van der Waals surface area (Å²) in [6.45, 7) is 0. The van der Waals surface area contributed by atoms with Crippen LogP contribution in [0, 0.1) is 11.3 Å². The van der Waals surface area contributed by atoms with E-state index in [2.05, 4.69) is 10.4 Å². The zero-order chi connectivity index (χ0) is 15.6. The molecule has 112 valence electrons. The van der Waals surface area contributed by atoms with Crippen LogP contribution in [-0.4, -0.2) is 28.7 Å². The van der Waals surface area contributed by atoms with Gasteiger partial charge in [-0.05, 0) is 30.5 Å². The van der Waals surface area contributed by atoms with E-state index in [1.54, 1.807) is 24.3 Å². The molecular weight excluding hydrogens is 280 g/mol. The van der Waals surface area contributed by atoms with Gasteiger partial charge in [0, 0.05) is 0 Å². The molecule has 1 aromatic rings. The third-order valence-electron chi connectivity index (χ3n) is 4.21. The predicted molar refractivity (Wildman–Crippen MR) is 79.9 cm³/mol. The first-order chi connectivity index (χ1) is 10.6. The lowest BCUT2D eigenvalue weighted by atomic mass is 9.82. The molecule has 6 heteroatoms. The summed E-state index contributed by atoms with van der Waals surface area (Å²) in [5.41, 5.74) is 0.523. The normalized spacial score (nSPS) is 20.4. The van der Waals surface area contributed by atoms with Crippen molar-refractivity contribution >= 4 is 18.2 Å². The lowest BCUT2D eigenvalue weighted by Gasteiger charge is -2.29. The molecule has 0 radical (unpaired) electrons. The van der Waals surface area contributed by atoms with Crippen molar-refractivity contribution in [1.29, 1.82) is 5.26 Å². The summed E-state index contributed by atoms with van der Waals surface area (Å²) >= 11 is 0. The van der Waals surface area contributed by atoms with Gasteiger partial charge in [-0.3, -0.25) is 4.79 Å². The van der Waals surface area contributed by atoms with Gasteiger partial charge in [-0.15, -0.1) is 5.01 Å². The summed E-state index contributed by atoms with van der Waals surface area (Å²) in [7, 11) is 0. The number of imide groups is 1. The Morgan fingerprint density at radius 3 is 2.50 bits per heavy atom. The molecule has 1 saturated carbocycles. The van der Waals surface area contributed by atoms with Gasteiger partial charge in [0.05, 0.1) is 17.8 Å². The number of carbonyl (C=O) groups excluding carboxylic acids is 2. The van der Waals surface area contributed by atoms with E-state index in [9.17, 15) is 9.59 Å². The molecule has 1 spiro atoms. The summed E-state index contributed by atoms with van der Waals surface area (Å²) in [5, 5.41) is 16.5. The Morgan fingerprint density at radius 2 is 1.86 bits per heavy atom. The van der Waals surface area contributed by atoms with E-state index in [0.29, 0.717) is 18.4 Å². The fourth-order valence-corrected chi connectivity index (χ4v) is 2.97. The van der Waals surface area contributed by atoms with E-state index in [0.717, 1.165) is 29.8 Å². The quantitative estimate of drug-likeness (QED) is 0.670. The average Bonchev–Trinajstić information content (AvgIpc) is 2.77. The Balaban J connectivity index is 1.77. The fraction of sp³-hybridized carbons (Fsp3) is 0.375. The Hall–Kier alpha value is -2.68. The van der Waals surface area contributed by atoms with E-state index in [-0.39, 0.29) is 5.91 Å². The van der Waals surface area contributed by atoms with E-state index in [1.807, 2.05) is 6.07 Å². The van der Waals surface area contributed by atoms with Crippen LogP contribution in [0.1, 0.15) is 43.2 Å². The van der Waals surface area contributed by atoms with Crippen molar-refractivity contribution in [2.45, 2.75) is 37.6 Å². The van der Waals surface area contributed by atoms with Crippen LogP contribution >= 0.6 is 0 Å². The van der Waals surface area contributed by atoms with Crippen molar-refractivity contribution in [3.8, 4) is 6.07 Å². The number of rotatable bonds is 2. The van der Waals surface area contributed by atoms with Crippen molar-refractivity contribution in [1.82, 2.24) is 10.3 Å². The zero-order valence-electron chi connectivity index (χ0n) is 12.1. The van der Waals surface area contributed by atoms with Gasteiger partial charge in [0.1, 0.15) is 5.54 Å². The minimum Gasteiger partial charge on any atom is -0.321 e. The van der Waals surface area contributed by atoms with Gasteiger partial charge < -0.3 is 5.32 Å². The highest BCUT2D eigenvalue weighted by Gasteiger charge is 2.51. The highest BCUT2D eigenvalue weighted by Crippen LogP contribution is 2.33. The van der Waals surface area contributed by atoms with Crippen molar-refractivity contribution in [2.24, 2.45) is 5.10 Å². The van der Waals surface area contributed by atoms with Crippen LogP contribution < -0.4 is 5.32 Å². The van der Waals surface area contributed by atoms with Crippen LogP contribution in [0.2, 0.25) is 0 Å². The van der Waals surface area contributed by atoms with Gasteiger partial charge in [-0.1, -0.05) is 31.4 Å². The maximum atomic E-state index is 12.5. The van der Waals surface area contributed by atoms with Crippen molar-refractivity contribution < 1.29 is 9.59 Å². The van der Waals surface area contributed by atoms with Gasteiger partial charge in [0.2, 0.25) is 0 Å². The van der Waals surface area contributed by atoms with Crippen LogP contribution in [0.4, 0.5) is 4.79 Å². The fourth-order valence-electron chi connectivity index (χ4n) is 2.97. The van der Waals surface area contributed by atoms with Gasteiger partial charge in [0.25, 0.3) is 5.91 Å². The molecule has 1 aromatic carbocycles. The summed E-state index contributed by atoms with van der Waals surface area (Å²) in [6.07, 6.45) is 5.80. The molecule has 0 aromatic heterocycles. The first-order valence-corrected chi connectivity index (χ1v) is 7.35. The number of hydrazone groups is 1. The summed E-state index contributed by atoms with van der Waals surface area (Å²) in [6, 6.07) is 8.33. The lowest BCUT2D eigenvalue weighted by molar-refractivity contribution is -0.132. The predicted octanol–water partition coefficient (Wildman–Crippen LogP) is 2.15. The standard InChI is InChI=1S/C16H16N4O2/c17-10-12-4-6-13(7-5-12)11-18-20-14(21)16(19-15(20)22)8-2-1-3-9-16/h4-7,11H,1-3,8-9H2,(H,19,22). The monoisotopic (exact) mass is 296 g/mol. The first kappa shape index (κ1) is 14.3. The van der Waals surface area contributed by atoms with Crippen molar-refractivity contribution in [3.63, 3.8) is 0 Å². The van der Waals surface area contributed by atoms with Crippen LogP contribution in [0.5, 0.6) is 0 Å². The highest BCUT2D eigenvalue weighted by atomic mass is 16.2. The number of nitrogens with one attached hydrogen (secondary N) is 1. The molecule has 1 heterocycles. The first-order valence-electron chi connectivity index (χ1n) is 7.35. The molecule has 1 N–H and O–H groups in total. The van der Waals surface area contributed by atoms with E-state index >= 15 is 0 Å². The molecule has 1 saturated heterocycles. The van der Waals surface area contributed by atoms with Crippen LogP contribution in [0.15, 0.2) is 29.4 Å². The molecule has 3 rings (SSSR count). The van der Waals surface area contributed by atoms with Crippen LogP contribution in [0.3, 0.4) is 0 Å². The summed E-state index contributed by atoms with van der Waals surface area (Å²) < 4.78 is 0. The molecule has 22 heavy (non-hydrogen) atoms.